The third kappa shape index (κ3) is 2.55. The molecule has 0 radical (unpaired) electrons. The summed E-state index contributed by atoms with van der Waals surface area (Å²) in [6.45, 7) is 7.75. The molecule has 0 fully saturated rings. The molecule has 0 saturated carbocycles. The van der Waals surface area contributed by atoms with Crippen LogP contribution in [-0.2, 0) is 0 Å². The Kier molecular flexibility index (Phi) is 3.97. The lowest BCUT2D eigenvalue weighted by Crippen LogP contribution is -2.14. The maximum absolute atomic E-state index is 11.1. The van der Waals surface area contributed by atoms with E-state index >= 15 is 0 Å². The fraction of sp³-hybridized carbons (Fsp3) is 0.417. The largest absolute Gasteiger partial charge is 0.478 e. The van der Waals surface area contributed by atoms with Crippen LogP contribution >= 0.6 is 15.9 Å². The molecule has 0 aromatic heterocycles. The van der Waals surface area contributed by atoms with Gasteiger partial charge < -0.3 is 10.4 Å². The van der Waals surface area contributed by atoms with Crippen molar-refractivity contribution in [1.82, 2.24) is 0 Å². The number of halogens is 1. The van der Waals surface area contributed by atoms with Crippen molar-refractivity contribution in [3.8, 4) is 0 Å². The van der Waals surface area contributed by atoms with Crippen LogP contribution in [0.5, 0.6) is 0 Å². The predicted molar refractivity (Wildman–Crippen MR) is 69.3 cm³/mol. The van der Waals surface area contributed by atoms with Crippen molar-refractivity contribution in [2.45, 2.75) is 33.7 Å². The average molecular weight is 286 g/mol. The molecule has 1 aromatic carbocycles. The summed E-state index contributed by atoms with van der Waals surface area (Å²) >= 11 is 3.49. The van der Waals surface area contributed by atoms with E-state index in [-0.39, 0.29) is 6.04 Å². The standard InChI is InChI=1S/C12H16BrNO2/c1-6(2)14-11-8(4)9(12(15)16)5-7(3)10(11)13/h5-6,14H,1-4H3,(H,15,16). The van der Waals surface area contributed by atoms with E-state index in [0.29, 0.717) is 5.56 Å². The van der Waals surface area contributed by atoms with Gasteiger partial charge in [-0.3, -0.25) is 0 Å². The lowest BCUT2D eigenvalue weighted by Gasteiger charge is -2.18. The number of carboxylic acids is 1. The molecule has 0 aliphatic heterocycles. The zero-order valence-electron chi connectivity index (χ0n) is 9.89. The Morgan fingerprint density at radius 2 is 2.00 bits per heavy atom. The minimum Gasteiger partial charge on any atom is -0.478 e. The van der Waals surface area contributed by atoms with Crippen LogP contribution in [0.2, 0.25) is 0 Å². The SMILES string of the molecule is Cc1cc(C(=O)O)c(C)c(NC(C)C)c1Br. The van der Waals surface area contributed by atoms with E-state index < -0.39 is 5.97 Å². The molecule has 4 heteroatoms. The Morgan fingerprint density at radius 1 is 1.44 bits per heavy atom. The minimum atomic E-state index is -0.889. The van der Waals surface area contributed by atoms with E-state index in [2.05, 4.69) is 21.2 Å². The molecule has 16 heavy (non-hydrogen) atoms. The summed E-state index contributed by atoms with van der Waals surface area (Å²) in [6.07, 6.45) is 0. The van der Waals surface area contributed by atoms with E-state index in [0.717, 1.165) is 21.3 Å². The van der Waals surface area contributed by atoms with Gasteiger partial charge in [-0.05, 0) is 60.8 Å². The molecular formula is C12H16BrNO2. The fourth-order valence-electron chi connectivity index (χ4n) is 1.57. The van der Waals surface area contributed by atoms with Gasteiger partial charge in [-0.25, -0.2) is 4.79 Å². The minimum absolute atomic E-state index is 0.262. The molecule has 0 saturated heterocycles. The molecule has 2 N–H and O–H groups in total. The fourth-order valence-corrected chi connectivity index (χ4v) is 2.09. The number of carboxylic acid groups (broad SMARTS) is 1. The summed E-state index contributed by atoms with van der Waals surface area (Å²) in [4.78, 5) is 11.1. The number of anilines is 1. The van der Waals surface area contributed by atoms with Crippen molar-refractivity contribution in [3.05, 3.63) is 27.2 Å². The first kappa shape index (κ1) is 13.0. The highest BCUT2D eigenvalue weighted by molar-refractivity contribution is 9.10. The second-order valence-corrected chi connectivity index (χ2v) is 4.95. The number of benzene rings is 1. The lowest BCUT2D eigenvalue weighted by molar-refractivity contribution is 0.0696. The molecule has 0 unspecified atom stereocenters. The molecule has 0 heterocycles. The highest BCUT2D eigenvalue weighted by atomic mass is 79.9. The molecule has 0 atom stereocenters. The van der Waals surface area contributed by atoms with Crippen molar-refractivity contribution in [3.63, 3.8) is 0 Å². The number of carbonyl (C=O) groups is 1. The highest BCUT2D eigenvalue weighted by Crippen LogP contribution is 2.32. The number of nitrogens with one attached hydrogen (secondary N) is 1. The molecule has 1 aromatic rings. The second-order valence-electron chi connectivity index (χ2n) is 4.16. The van der Waals surface area contributed by atoms with Crippen LogP contribution in [0.15, 0.2) is 10.5 Å². The van der Waals surface area contributed by atoms with Gasteiger partial charge in [-0.15, -0.1) is 0 Å². The highest BCUT2D eigenvalue weighted by Gasteiger charge is 2.16. The second kappa shape index (κ2) is 4.87. The summed E-state index contributed by atoms with van der Waals surface area (Å²) < 4.78 is 0.934. The first-order valence-corrected chi connectivity index (χ1v) is 5.93. The van der Waals surface area contributed by atoms with Crippen LogP contribution < -0.4 is 5.32 Å². The summed E-state index contributed by atoms with van der Waals surface area (Å²) in [5, 5.41) is 12.4. The van der Waals surface area contributed by atoms with Gasteiger partial charge in [0.25, 0.3) is 0 Å². The maximum Gasteiger partial charge on any atom is 0.336 e. The first-order valence-electron chi connectivity index (χ1n) is 5.14. The molecule has 0 spiro atoms. The third-order valence-corrected chi connectivity index (χ3v) is 3.39. The van der Waals surface area contributed by atoms with Crippen LogP contribution in [0.4, 0.5) is 5.69 Å². The summed E-state index contributed by atoms with van der Waals surface area (Å²) in [6, 6.07) is 1.95. The number of hydrogen-bond donors (Lipinski definition) is 2. The van der Waals surface area contributed by atoms with E-state index in [9.17, 15) is 4.79 Å². The third-order valence-electron chi connectivity index (χ3n) is 2.37. The normalized spacial score (nSPS) is 10.6. The Labute approximate surface area is 104 Å². The van der Waals surface area contributed by atoms with Gasteiger partial charge in [0.1, 0.15) is 0 Å². The van der Waals surface area contributed by atoms with Crippen LogP contribution in [-0.4, -0.2) is 17.1 Å². The molecule has 0 bridgehead atoms. The molecule has 3 nitrogen and oxygen atoms in total. The average Bonchev–Trinajstić information content (AvgIpc) is 2.17. The molecular weight excluding hydrogens is 270 g/mol. The summed E-state index contributed by atoms with van der Waals surface area (Å²) in [5.74, 6) is -0.889. The van der Waals surface area contributed by atoms with Crippen LogP contribution in [0.25, 0.3) is 0 Å². The van der Waals surface area contributed by atoms with Crippen LogP contribution in [0.1, 0.15) is 35.3 Å². The molecule has 0 aliphatic rings. The van der Waals surface area contributed by atoms with Gasteiger partial charge in [0, 0.05) is 10.5 Å². The summed E-state index contributed by atoms with van der Waals surface area (Å²) in [5.41, 5.74) is 2.90. The lowest BCUT2D eigenvalue weighted by atomic mass is 10.0. The van der Waals surface area contributed by atoms with Crippen molar-refractivity contribution < 1.29 is 9.90 Å². The van der Waals surface area contributed by atoms with E-state index in [1.807, 2.05) is 27.7 Å². The van der Waals surface area contributed by atoms with Crippen LogP contribution in [0.3, 0.4) is 0 Å². The van der Waals surface area contributed by atoms with E-state index in [1.54, 1.807) is 6.07 Å². The Balaban J connectivity index is 3.39. The molecule has 1 rings (SSSR count). The first-order chi connectivity index (χ1) is 7.34. The van der Waals surface area contributed by atoms with E-state index in [1.165, 1.54) is 0 Å². The topological polar surface area (TPSA) is 49.3 Å². The summed E-state index contributed by atoms with van der Waals surface area (Å²) in [7, 11) is 0. The number of rotatable bonds is 3. The van der Waals surface area contributed by atoms with Gasteiger partial charge in [0.05, 0.1) is 11.3 Å². The Bertz CT molecular complexity index is 428. The monoisotopic (exact) mass is 285 g/mol. The van der Waals surface area contributed by atoms with Crippen molar-refractivity contribution in [2.24, 2.45) is 0 Å². The Morgan fingerprint density at radius 3 is 2.44 bits per heavy atom. The van der Waals surface area contributed by atoms with Gasteiger partial charge in [-0.1, -0.05) is 0 Å². The van der Waals surface area contributed by atoms with Crippen molar-refractivity contribution in [2.75, 3.05) is 5.32 Å². The van der Waals surface area contributed by atoms with Crippen LogP contribution in [0, 0.1) is 13.8 Å². The van der Waals surface area contributed by atoms with Crippen molar-refractivity contribution in [1.29, 1.82) is 0 Å². The number of hydrogen-bond acceptors (Lipinski definition) is 2. The van der Waals surface area contributed by atoms with Gasteiger partial charge in [-0.2, -0.15) is 0 Å². The maximum atomic E-state index is 11.1. The van der Waals surface area contributed by atoms with Crippen molar-refractivity contribution >= 4 is 27.6 Å². The van der Waals surface area contributed by atoms with Gasteiger partial charge in [0.2, 0.25) is 0 Å². The smallest absolute Gasteiger partial charge is 0.336 e. The predicted octanol–water partition coefficient (Wildman–Crippen LogP) is 3.58. The van der Waals surface area contributed by atoms with Gasteiger partial charge >= 0.3 is 5.97 Å². The Hall–Kier alpha value is -1.03. The zero-order valence-corrected chi connectivity index (χ0v) is 11.5. The number of aromatic carboxylic acids is 1. The number of aryl methyl sites for hydroxylation is 1. The zero-order chi connectivity index (χ0) is 12.5. The molecule has 0 amide bonds. The molecule has 88 valence electrons. The van der Waals surface area contributed by atoms with Gasteiger partial charge in [0.15, 0.2) is 0 Å². The van der Waals surface area contributed by atoms with E-state index in [4.69, 9.17) is 5.11 Å². The quantitative estimate of drug-likeness (QED) is 0.892. The molecule has 0 aliphatic carbocycles.